The van der Waals surface area contributed by atoms with Gasteiger partial charge < -0.3 is 40.1 Å². The van der Waals surface area contributed by atoms with E-state index in [0.717, 1.165) is 30.4 Å². The minimum atomic E-state index is -3.10. The predicted octanol–water partition coefficient (Wildman–Crippen LogP) is 0.880. The number of hydrogen-bond acceptors (Lipinski definition) is 9. The molecule has 32 heavy (non-hydrogen) atoms. The standard InChI is InChI=1S/C21H20O11/c1-31-16-6-3-11(8-15(16)24)4-7-17(25)32-18(19(26)27)21(30,20(28)29)10-12-2-5-13(22)14(23)9-12/h2-9,18,22-24,30H,10H2,1H3,(H,26,27)(H,28,29)/b7-4+/t18-,21-/m0/s1. The van der Waals surface area contributed by atoms with Crippen LogP contribution in [0, 0.1) is 0 Å². The Morgan fingerprint density at radius 2 is 1.69 bits per heavy atom. The molecule has 0 saturated carbocycles. The number of ether oxygens (including phenoxy) is 2. The topological polar surface area (TPSA) is 191 Å². The number of hydrogen-bond donors (Lipinski definition) is 6. The first-order chi connectivity index (χ1) is 15.0. The van der Waals surface area contributed by atoms with Gasteiger partial charge in [0.25, 0.3) is 0 Å². The van der Waals surface area contributed by atoms with E-state index in [9.17, 15) is 45.0 Å². The van der Waals surface area contributed by atoms with Crippen molar-refractivity contribution >= 4 is 24.0 Å². The maximum atomic E-state index is 12.1. The van der Waals surface area contributed by atoms with Gasteiger partial charge in [-0.25, -0.2) is 14.4 Å². The highest BCUT2D eigenvalue weighted by Crippen LogP contribution is 2.29. The fourth-order valence-electron chi connectivity index (χ4n) is 2.75. The molecule has 2 aromatic carbocycles. The summed E-state index contributed by atoms with van der Waals surface area (Å²) < 4.78 is 9.59. The average molecular weight is 448 g/mol. The summed E-state index contributed by atoms with van der Waals surface area (Å²) in [5, 5.41) is 58.1. The van der Waals surface area contributed by atoms with Crippen LogP contribution >= 0.6 is 0 Å². The van der Waals surface area contributed by atoms with Gasteiger partial charge in [-0.05, 0) is 41.5 Å². The minimum absolute atomic E-state index is 0.0447. The first kappa shape index (κ1) is 24.0. The molecule has 2 atom stereocenters. The summed E-state index contributed by atoms with van der Waals surface area (Å²) in [7, 11) is 1.34. The van der Waals surface area contributed by atoms with Crippen LogP contribution in [0.1, 0.15) is 11.1 Å². The molecule has 170 valence electrons. The van der Waals surface area contributed by atoms with E-state index in [4.69, 9.17) is 9.47 Å². The van der Waals surface area contributed by atoms with Gasteiger partial charge in [0.1, 0.15) is 0 Å². The molecule has 0 bridgehead atoms. The van der Waals surface area contributed by atoms with E-state index in [2.05, 4.69) is 0 Å². The van der Waals surface area contributed by atoms with E-state index in [1.807, 2.05) is 0 Å². The van der Waals surface area contributed by atoms with Crippen LogP contribution in [0.4, 0.5) is 0 Å². The average Bonchev–Trinajstić information content (AvgIpc) is 2.72. The predicted molar refractivity (Wildman–Crippen MR) is 107 cm³/mol. The quantitative estimate of drug-likeness (QED) is 0.181. The lowest BCUT2D eigenvalue weighted by atomic mass is 9.88. The second-order valence-corrected chi connectivity index (χ2v) is 6.65. The van der Waals surface area contributed by atoms with Gasteiger partial charge in [0.2, 0.25) is 11.7 Å². The van der Waals surface area contributed by atoms with E-state index in [1.54, 1.807) is 0 Å². The van der Waals surface area contributed by atoms with Crippen molar-refractivity contribution in [1.82, 2.24) is 0 Å². The number of aliphatic carboxylic acids is 2. The Bertz CT molecular complexity index is 1060. The van der Waals surface area contributed by atoms with Crippen molar-refractivity contribution in [3.05, 3.63) is 53.6 Å². The van der Waals surface area contributed by atoms with Crippen molar-refractivity contribution in [3.8, 4) is 23.0 Å². The Labute approximate surface area is 181 Å². The zero-order valence-electron chi connectivity index (χ0n) is 16.6. The Balaban J connectivity index is 2.26. The number of carbonyl (C=O) groups is 3. The molecule has 0 amide bonds. The van der Waals surface area contributed by atoms with Crippen LogP contribution in [0.15, 0.2) is 42.5 Å². The van der Waals surface area contributed by atoms with Crippen LogP contribution in [0.2, 0.25) is 0 Å². The first-order valence-corrected chi connectivity index (χ1v) is 8.93. The van der Waals surface area contributed by atoms with Gasteiger partial charge in [-0.2, -0.15) is 0 Å². The van der Waals surface area contributed by atoms with Gasteiger partial charge in [0, 0.05) is 12.5 Å². The molecule has 11 heteroatoms. The van der Waals surface area contributed by atoms with E-state index in [1.165, 1.54) is 25.3 Å². The number of carbonyl (C=O) groups excluding carboxylic acids is 1. The highest BCUT2D eigenvalue weighted by molar-refractivity contribution is 5.93. The SMILES string of the molecule is COc1ccc(/C=C/C(=O)O[C@@H](C(=O)O)[C@@](O)(Cc2ccc(O)c(O)c2)C(=O)O)cc1O. The zero-order chi connectivity index (χ0) is 24.1. The maximum absolute atomic E-state index is 12.1. The van der Waals surface area contributed by atoms with Crippen LogP contribution in [-0.4, -0.2) is 67.4 Å². The molecular formula is C21H20O11. The summed E-state index contributed by atoms with van der Waals surface area (Å²) in [6.45, 7) is 0. The van der Waals surface area contributed by atoms with Crippen molar-refractivity contribution in [3.63, 3.8) is 0 Å². The van der Waals surface area contributed by atoms with Crippen molar-refractivity contribution < 1.29 is 54.5 Å². The number of aliphatic hydroxyl groups is 1. The second kappa shape index (κ2) is 9.71. The van der Waals surface area contributed by atoms with Gasteiger partial charge in [-0.3, -0.25) is 0 Å². The lowest BCUT2D eigenvalue weighted by Crippen LogP contribution is -2.56. The van der Waals surface area contributed by atoms with Gasteiger partial charge in [-0.15, -0.1) is 0 Å². The van der Waals surface area contributed by atoms with Crippen LogP contribution in [0.5, 0.6) is 23.0 Å². The number of aromatic hydroxyl groups is 3. The molecule has 0 spiro atoms. The molecule has 0 aliphatic rings. The summed E-state index contributed by atoms with van der Waals surface area (Å²) in [5.74, 6) is -6.36. The number of methoxy groups -OCH3 is 1. The Hall–Kier alpha value is -4.25. The lowest BCUT2D eigenvalue weighted by molar-refractivity contribution is -0.192. The summed E-state index contributed by atoms with van der Waals surface area (Å²) in [4.78, 5) is 35.5. The molecule has 11 nitrogen and oxygen atoms in total. The number of carboxylic acid groups (broad SMARTS) is 2. The van der Waals surface area contributed by atoms with Crippen molar-refractivity contribution in [1.29, 1.82) is 0 Å². The normalized spacial score (nSPS) is 13.8. The largest absolute Gasteiger partial charge is 0.504 e. The highest BCUT2D eigenvalue weighted by atomic mass is 16.6. The van der Waals surface area contributed by atoms with Gasteiger partial charge in [-0.1, -0.05) is 12.1 Å². The zero-order valence-corrected chi connectivity index (χ0v) is 16.6. The fraction of sp³-hybridized carbons (Fsp3) is 0.190. The Kier molecular flexibility index (Phi) is 7.29. The minimum Gasteiger partial charge on any atom is -0.504 e. The molecule has 2 rings (SSSR count). The van der Waals surface area contributed by atoms with Crippen molar-refractivity contribution in [2.75, 3.05) is 7.11 Å². The smallest absolute Gasteiger partial charge is 0.348 e. The molecule has 0 saturated heterocycles. The molecule has 0 radical (unpaired) electrons. The van der Waals surface area contributed by atoms with Crippen LogP contribution < -0.4 is 4.74 Å². The van der Waals surface area contributed by atoms with Crippen molar-refractivity contribution in [2.45, 2.75) is 18.1 Å². The monoisotopic (exact) mass is 448 g/mol. The number of carboxylic acids is 2. The van der Waals surface area contributed by atoms with Gasteiger partial charge in [0.05, 0.1) is 7.11 Å². The highest BCUT2D eigenvalue weighted by Gasteiger charge is 2.51. The van der Waals surface area contributed by atoms with Gasteiger partial charge >= 0.3 is 17.9 Å². The van der Waals surface area contributed by atoms with E-state index in [-0.39, 0.29) is 17.1 Å². The molecule has 0 heterocycles. The molecular weight excluding hydrogens is 428 g/mol. The summed E-state index contributed by atoms with van der Waals surface area (Å²) in [6, 6.07) is 7.24. The molecule has 0 aromatic heterocycles. The molecule has 2 aromatic rings. The molecule has 0 fully saturated rings. The number of phenols is 3. The van der Waals surface area contributed by atoms with Crippen LogP contribution in [-0.2, 0) is 25.5 Å². The maximum Gasteiger partial charge on any atom is 0.348 e. The molecule has 0 unspecified atom stereocenters. The molecule has 0 aliphatic heterocycles. The summed E-state index contributed by atoms with van der Waals surface area (Å²) in [6.07, 6.45) is -1.43. The van der Waals surface area contributed by atoms with Gasteiger partial charge in [0.15, 0.2) is 23.0 Å². The molecule has 0 aliphatic carbocycles. The first-order valence-electron chi connectivity index (χ1n) is 8.93. The Morgan fingerprint density at radius 1 is 1.00 bits per heavy atom. The van der Waals surface area contributed by atoms with E-state index in [0.29, 0.717) is 5.56 Å². The lowest BCUT2D eigenvalue weighted by Gasteiger charge is -2.29. The number of phenolic OH excluding ortho intramolecular Hbond substituents is 3. The van der Waals surface area contributed by atoms with Crippen molar-refractivity contribution in [2.24, 2.45) is 0 Å². The third-order valence-electron chi connectivity index (χ3n) is 4.39. The second-order valence-electron chi connectivity index (χ2n) is 6.65. The number of rotatable bonds is 9. The summed E-state index contributed by atoms with van der Waals surface area (Å²) in [5.41, 5.74) is -2.83. The third-order valence-corrected chi connectivity index (χ3v) is 4.39. The number of esters is 1. The molecule has 6 N–H and O–H groups in total. The summed E-state index contributed by atoms with van der Waals surface area (Å²) >= 11 is 0. The fourth-order valence-corrected chi connectivity index (χ4v) is 2.75. The van der Waals surface area contributed by atoms with Crippen LogP contribution in [0.3, 0.4) is 0 Å². The van der Waals surface area contributed by atoms with E-state index < -0.39 is 47.5 Å². The number of benzene rings is 2. The third kappa shape index (κ3) is 5.46. The van der Waals surface area contributed by atoms with Crippen LogP contribution in [0.25, 0.3) is 6.08 Å². The van der Waals surface area contributed by atoms with E-state index >= 15 is 0 Å². The Morgan fingerprint density at radius 3 is 2.22 bits per heavy atom.